The molecule has 0 atom stereocenters. The average Bonchev–Trinajstić information content (AvgIpc) is 3.33. The number of hydrazine groups is 1. The number of esters is 1. The number of thiophene rings is 1. The Morgan fingerprint density at radius 3 is 2.66 bits per heavy atom. The molecule has 2 amide bonds. The Hall–Kier alpha value is -3.23. The molecule has 29 heavy (non-hydrogen) atoms. The zero-order valence-electron chi connectivity index (χ0n) is 14.8. The number of benzene rings is 2. The van der Waals surface area contributed by atoms with Gasteiger partial charge in [-0.25, -0.2) is 9.80 Å². The molecule has 8 heteroatoms. The lowest BCUT2D eigenvalue weighted by atomic mass is 10.1. The quantitative estimate of drug-likeness (QED) is 0.269. The maximum absolute atomic E-state index is 12.7. The van der Waals surface area contributed by atoms with Crippen LogP contribution in [0.2, 0.25) is 0 Å². The van der Waals surface area contributed by atoms with Crippen LogP contribution in [0.5, 0.6) is 5.75 Å². The van der Waals surface area contributed by atoms with Crippen LogP contribution in [0.25, 0.3) is 6.08 Å². The minimum atomic E-state index is -0.504. The van der Waals surface area contributed by atoms with Gasteiger partial charge in [0.15, 0.2) is 0 Å². The Bertz CT molecular complexity index is 1140. The van der Waals surface area contributed by atoms with Crippen molar-refractivity contribution in [1.82, 2.24) is 5.43 Å². The van der Waals surface area contributed by atoms with Crippen molar-refractivity contribution in [2.24, 2.45) is 0 Å². The van der Waals surface area contributed by atoms with E-state index in [0.29, 0.717) is 21.9 Å². The summed E-state index contributed by atoms with van der Waals surface area (Å²) >= 11 is 4.64. The Morgan fingerprint density at radius 1 is 1.07 bits per heavy atom. The number of halogens is 1. The van der Waals surface area contributed by atoms with E-state index < -0.39 is 17.8 Å². The third kappa shape index (κ3) is 4.13. The van der Waals surface area contributed by atoms with E-state index in [1.165, 1.54) is 22.4 Å². The molecule has 1 aliphatic rings. The molecule has 4 rings (SSSR count). The monoisotopic (exact) mass is 468 g/mol. The molecule has 3 aromatic rings. The molecule has 0 aliphatic carbocycles. The zero-order chi connectivity index (χ0) is 20.4. The number of hydrogen-bond donors (Lipinski definition) is 1. The third-order valence-corrected chi connectivity index (χ3v) is 5.40. The molecule has 0 radical (unpaired) electrons. The number of anilines is 1. The lowest BCUT2D eigenvalue weighted by Crippen LogP contribution is -2.35. The van der Waals surface area contributed by atoms with Crippen LogP contribution in [0, 0.1) is 0 Å². The maximum atomic E-state index is 12.7. The van der Waals surface area contributed by atoms with Crippen molar-refractivity contribution in [3.05, 3.63) is 86.5 Å². The fourth-order valence-electron chi connectivity index (χ4n) is 2.74. The predicted octanol–water partition coefficient (Wildman–Crippen LogP) is 4.19. The van der Waals surface area contributed by atoms with Crippen LogP contribution >= 0.6 is 27.3 Å². The first kappa shape index (κ1) is 19.1. The second-order valence-corrected chi connectivity index (χ2v) is 7.92. The third-order valence-electron chi connectivity index (χ3n) is 4.06. The van der Waals surface area contributed by atoms with Crippen molar-refractivity contribution in [3.8, 4) is 5.75 Å². The van der Waals surface area contributed by atoms with Crippen molar-refractivity contribution in [2.45, 2.75) is 0 Å². The average molecular weight is 469 g/mol. The number of ether oxygens (including phenoxy) is 1. The van der Waals surface area contributed by atoms with Crippen molar-refractivity contribution >= 4 is 56.8 Å². The summed E-state index contributed by atoms with van der Waals surface area (Å²) in [6.07, 6.45) is 1.47. The largest absolute Gasteiger partial charge is 0.422 e. The molecular formula is C21H13BrN2O4S. The zero-order valence-corrected chi connectivity index (χ0v) is 17.2. The SMILES string of the molecule is O=C1NN(c2cccc(Br)c2)C(=O)/C1=C\c1cccc(OC(=O)c2cccs2)c1. The standard InChI is InChI=1S/C21H13BrN2O4S/c22-14-5-2-6-15(12-14)24-20(26)17(19(25)23-24)11-13-4-1-7-16(10-13)28-21(27)18-8-3-9-29-18/h1-12H,(H,23,25)/b17-11-. The van der Waals surface area contributed by atoms with Crippen molar-refractivity contribution < 1.29 is 19.1 Å². The van der Waals surface area contributed by atoms with Crippen LogP contribution < -0.4 is 15.2 Å². The van der Waals surface area contributed by atoms with E-state index in [2.05, 4.69) is 21.4 Å². The summed E-state index contributed by atoms with van der Waals surface area (Å²) < 4.78 is 6.15. The van der Waals surface area contributed by atoms with E-state index >= 15 is 0 Å². The van der Waals surface area contributed by atoms with Gasteiger partial charge in [0, 0.05) is 4.47 Å². The topological polar surface area (TPSA) is 75.7 Å². The number of nitrogens with zero attached hydrogens (tertiary/aromatic N) is 1. The molecule has 1 aromatic heterocycles. The smallest absolute Gasteiger partial charge is 0.353 e. The molecule has 0 bridgehead atoms. The first-order chi connectivity index (χ1) is 14.0. The molecule has 1 N–H and O–H groups in total. The van der Waals surface area contributed by atoms with Gasteiger partial charge >= 0.3 is 5.97 Å². The van der Waals surface area contributed by atoms with E-state index in [1.807, 2.05) is 6.07 Å². The fourth-order valence-corrected chi connectivity index (χ4v) is 3.73. The van der Waals surface area contributed by atoms with E-state index in [4.69, 9.17) is 4.74 Å². The minimum absolute atomic E-state index is 0.00768. The number of hydrogen-bond acceptors (Lipinski definition) is 5. The first-order valence-corrected chi connectivity index (χ1v) is 10.2. The first-order valence-electron chi connectivity index (χ1n) is 8.50. The molecule has 1 saturated heterocycles. The molecular weight excluding hydrogens is 456 g/mol. The highest BCUT2D eigenvalue weighted by molar-refractivity contribution is 9.10. The molecule has 0 spiro atoms. The summed E-state index contributed by atoms with van der Waals surface area (Å²) in [6.45, 7) is 0. The van der Waals surface area contributed by atoms with E-state index in [0.717, 1.165) is 4.47 Å². The highest BCUT2D eigenvalue weighted by atomic mass is 79.9. The summed E-state index contributed by atoms with van der Waals surface area (Å²) in [5.41, 5.74) is 3.65. The van der Waals surface area contributed by atoms with Gasteiger partial charge < -0.3 is 4.74 Å². The Balaban J connectivity index is 1.57. The number of amides is 2. The van der Waals surface area contributed by atoms with Gasteiger partial charge in [-0.1, -0.05) is 40.2 Å². The van der Waals surface area contributed by atoms with Gasteiger partial charge in [-0.3, -0.25) is 15.0 Å². The molecule has 2 heterocycles. The van der Waals surface area contributed by atoms with Gasteiger partial charge in [0.25, 0.3) is 11.8 Å². The van der Waals surface area contributed by atoms with Crippen LogP contribution in [0.1, 0.15) is 15.2 Å². The highest BCUT2D eigenvalue weighted by Gasteiger charge is 2.34. The van der Waals surface area contributed by atoms with Gasteiger partial charge in [-0.15, -0.1) is 11.3 Å². The van der Waals surface area contributed by atoms with Crippen molar-refractivity contribution in [3.63, 3.8) is 0 Å². The summed E-state index contributed by atoms with van der Waals surface area (Å²) in [5.74, 6) is -1.10. The van der Waals surface area contributed by atoms with Crippen LogP contribution in [-0.4, -0.2) is 17.8 Å². The van der Waals surface area contributed by atoms with Crippen molar-refractivity contribution in [2.75, 3.05) is 5.01 Å². The van der Waals surface area contributed by atoms with Crippen LogP contribution in [0.4, 0.5) is 5.69 Å². The van der Waals surface area contributed by atoms with E-state index in [9.17, 15) is 14.4 Å². The van der Waals surface area contributed by atoms with Crippen LogP contribution in [0.3, 0.4) is 0 Å². The van der Waals surface area contributed by atoms with Gasteiger partial charge in [0.05, 0.1) is 5.69 Å². The van der Waals surface area contributed by atoms with E-state index in [1.54, 1.807) is 60.0 Å². The molecule has 1 aliphatic heterocycles. The highest BCUT2D eigenvalue weighted by Crippen LogP contribution is 2.25. The van der Waals surface area contributed by atoms with Crippen LogP contribution in [0.15, 0.2) is 76.1 Å². The predicted molar refractivity (Wildman–Crippen MR) is 113 cm³/mol. The number of nitrogens with one attached hydrogen (secondary N) is 1. The number of rotatable bonds is 4. The Morgan fingerprint density at radius 2 is 1.90 bits per heavy atom. The second-order valence-electron chi connectivity index (χ2n) is 6.06. The summed E-state index contributed by atoms with van der Waals surface area (Å²) in [6, 6.07) is 17.1. The van der Waals surface area contributed by atoms with Crippen LogP contribution in [-0.2, 0) is 9.59 Å². The Kier molecular flexibility index (Phi) is 5.28. The van der Waals surface area contributed by atoms with Gasteiger partial charge in [-0.2, -0.15) is 0 Å². The summed E-state index contributed by atoms with van der Waals surface area (Å²) in [7, 11) is 0. The normalized spacial score (nSPS) is 14.9. The van der Waals surface area contributed by atoms with E-state index in [-0.39, 0.29) is 5.57 Å². The number of carbonyl (C=O) groups excluding carboxylic acids is 3. The lowest BCUT2D eigenvalue weighted by Gasteiger charge is -2.14. The molecule has 0 unspecified atom stereocenters. The molecule has 144 valence electrons. The van der Waals surface area contributed by atoms with Gasteiger partial charge in [0.1, 0.15) is 16.2 Å². The molecule has 6 nitrogen and oxygen atoms in total. The lowest BCUT2D eigenvalue weighted by molar-refractivity contribution is -0.117. The minimum Gasteiger partial charge on any atom is -0.422 e. The summed E-state index contributed by atoms with van der Waals surface area (Å²) in [5, 5.41) is 2.98. The summed E-state index contributed by atoms with van der Waals surface area (Å²) in [4.78, 5) is 37.7. The molecule has 0 saturated carbocycles. The molecule has 1 fully saturated rings. The van der Waals surface area contributed by atoms with Gasteiger partial charge in [0.2, 0.25) is 0 Å². The van der Waals surface area contributed by atoms with Gasteiger partial charge in [-0.05, 0) is 53.4 Å². The van der Waals surface area contributed by atoms with Crippen molar-refractivity contribution in [1.29, 1.82) is 0 Å². The second kappa shape index (κ2) is 8.02. The Labute approximate surface area is 178 Å². The molecule has 2 aromatic carbocycles. The fraction of sp³-hybridized carbons (Fsp3) is 0. The number of carbonyl (C=O) groups is 3. The maximum Gasteiger partial charge on any atom is 0.353 e.